The molecule has 24 heavy (non-hydrogen) atoms. The van der Waals surface area contributed by atoms with E-state index < -0.39 is 28.0 Å². The van der Waals surface area contributed by atoms with Crippen LogP contribution in [0.1, 0.15) is 11.8 Å². The van der Waals surface area contributed by atoms with Crippen molar-refractivity contribution >= 4 is 38.9 Å². The molecule has 0 aliphatic carbocycles. The van der Waals surface area contributed by atoms with Crippen LogP contribution >= 0.6 is 11.3 Å². The fraction of sp³-hybridized carbons (Fsp3) is 0.200. The third kappa shape index (κ3) is 5.15. The average Bonchev–Trinajstić information content (AvgIpc) is 2.99. The Labute approximate surface area is 143 Å². The van der Waals surface area contributed by atoms with Crippen LogP contribution in [0.25, 0.3) is 0 Å². The van der Waals surface area contributed by atoms with E-state index in [2.05, 4.69) is 5.32 Å². The molecule has 2 aromatic rings. The highest BCUT2D eigenvalue weighted by atomic mass is 32.2. The van der Waals surface area contributed by atoms with Crippen molar-refractivity contribution < 1.29 is 22.7 Å². The molecule has 0 bridgehead atoms. The lowest BCUT2D eigenvalue weighted by atomic mass is 10.3. The molecule has 1 aromatic carbocycles. The lowest BCUT2D eigenvalue weighted by Gasteiger charge is -2.13. The molecular formula is C15H16N2O5S2. The predicted molar refractivity (Wildman–Crippen MR) is 90.0 cm³/mol. The second-order valence-corrected chi connectivity index (χ2v) is 7.54. The van der Waals surface area contributed by atoms with Crippen molar-refractivity contribution in [3.05, 3.63) is 46.7 Å². The summed E-state index contributed by atoms with van der Waals surface area (Å²) in [7, 11) is -3.79. The molecule has 0 aliphatic rings. The molecule has 1 heterocycles. The number of nitrogens with one attached hydrogen (secondary N) is 1. The first-order valence-electron chi connectivity index (χ1n) is 6.91. The summed E-state index contributed by atoms with van der Waals surface area (Å²) in [6.07, 6.45) is -0.867. The van der Waals surface area contributed by atoms with Gasteiger partial charge in [-0.3, -0.25) is 9.59 Å². The quantitative estimate of drug-likeness (QED) is 0.750. The van der Waals surface area contributed by atoms with Gasteiger partial charge in [0.15, 0.2) is 6.10 Å². The van der Waals surface area contributed by atoms with Gasteiger partial charge in [-0.2, -0.15) is 0 Å². The molecule has 1 atom stereocenters. The van der Waals surface area contributed by atoms with Crippen LogP contribution in [-0.4, -0.2) is 26.4 Å². The van der Waals surface area contributed by atoms with Gasteiger partial charge in [0.25, 0.3) is 5.91 Å². The molecule has 0 fully saturated rings. The van der Waals surface area contributed by atoms with Crippen molar-refractivity contribution in [3.63, 3.8) is 0 Å². The van der Waals surface area contributed by atoms with Crippen molar-refractivity contribution in [2.75, 3.05) is 5.32 Å². The van der Waals surface area contributed by atoms with Gasteiger partial charge in [0.1, 0.15) is 0 Å². The number of hydrogen-bond donors (Lipinski definition) is 2. The molecule has 0 aliphatic heterocycles. The number of anilines is 1. The number of amides is 1. The second-order valence-electron chi connectivity index (χ2n) is 4.95. The smallest absolute Gasteiger partial charge is 0.311 e. The lowest BCUT2D eigenvalue weighted by Crippen LogP contribution is -2.30. The SMILES string of the molecule is C[C@@H](OC(=O)Cc1cccs1)C(=O)Nc1ccc(S(N)(=O)=O)cc1. The monoisotopic (exact) mass is 368 g/mol. The van der Waals surface area contributed by atoms with Crippen molar-refractivity contribution in [1.82, 2.24) is 0 Å². The Bertz CT molecular complexity index is 814. The van der Waals surface area contributed by atoms with E-state index in [1.807, 2.05) is 17.5 Å². The average molecular weight is 368 g/mol. The normalized spacial score (nSPS) is 12.4. The Kier molecular flexibility index (Phi) is 5.71. The summed E-state index contributed by atoms with van der Waals surface area (Å²) in [5, 5.41) is 9.38. The largest absolute Gasteiger partial charge is 0.452 e. The number of esters is 1. The fourth-order valence-electron chi connectivity index (χ4n) is 1.82. The number of sulfonamides is 1. The molecule has 0 unspecified atom stereocenters. The highest BCUT2D eigenvalue weighted by Gasteiger charge is 2.18. The summed E-state index contributed by atoms with van der Waals surface area (Å²) in [4.78, 5) is 24.6. The van der Waals surface area contributed by atoms with E-state index in [1.165, 1.54) is 42.5 Å². The number of rotatable bonds is 6. The molecule has 2 rings (SSSR count). The molecule has 1 amide bonds. The van der Waals surface area contributed by atoms with E-state index in [-0.39, 0.29) is 11.3 Å². The number of ether oxygens (including phenoxy) is 1. The van der Waals surface area contributed by atoms with Gasteiger partial charge < -0.3 is 10.1 Å². The summed E-state index contributed by atoms with van der Waals surface area (Å²) in [6.45, 7) is 1.46. The van der Waals surface area contributed by atoms with Gasteiger partial charge in [0, 0.05) is 10.6 Å². The Morgan fingerprint density at radius 2 is 1.92 bits per heavy atom. The number of primary sulfonamides is 1. The van der Waals surface area contributed by atoms with E-state index >= 15 is 0 Å². The summed E-state index contributed by atoms with van der Waals surface area (Å²) >= 11 is 1.43. The molecule has 0 saturated heterocycles. The number of benzene rings is 1. The number of hydrogen-bond acceptors (Lipinski definition) is 6. The van der Waals surface area contributed by atoms with Gasteiger partial charge in [-0.25, -0.2) is 13.6 Å². The van der Waals surface area contributed by atoms with Crippen LogP contribution in [0.15, 0.2) is 46.7 Å². The fourth-order valence-corrected chi connectivity index (χ4v) is 3.03. The second kappa shape index (κ2) is 7.56. The van der Waals surface area contributed by atoms with Crippen molar-refractivity contribution in [2.45, 2.75) is 24.3 Å². The third-order valence-electron chi connectivity index (χ3n) is 3.03. The number of nitrogens with two attached hydrogens (primary N) is 1. The number of thiophene rings is 1. The Morgan fingerprint density at radius 1 is 1.25 bits per heavy atom. The topological polar surface area (TPSA) is 116 Å². The Morgan fingerprint density at radius 3 is 2.46 bits per heavy atom. The van der Waals surface area contributed by atoms with Gasteiger partial charge in [-0.15, -0.1) is 11.3 Å². The predicted octanol–water partition coefficient (Wildman–Crippen LogP) is 1.51. The highest BCUT2D eigenvalue weighted by molar-refractivity contribution is 7.89. The molecule has 9 heteroatoms. The molecule has 128 valence electrons. The van der Waals surface area contributed by atoms with Crippen LogP contribution in [-0.2, 0) is 30.8 Å². The van der Waals surface area contributed by atoms with Crippen LogP contribution in [0.5, 0.6) is 0 Å². The molecule has 3 N–H and O–H groups in total. The van der Waals surface area contributed by atoms with E-state index in [9.17, 15) is 18.0 Å². The van der Waals surface area contributed by atoms with Crippen LogP contribution in [0.3, 0.4) is 0 Å². The summed E-state index contributed by atoms with van der Waals surface area (Å²) in [5.74, 6) is -1.01. The van der Waals surface area contributed by atoms with E-state index in [1.54, 1.807) is 0 Å². The van der Waals surface area contributed by atoms with Crippen LogP contribution < -0.4 is 10.5 Å². The molecule has 0 radical (unpaired) electrons. The summed E-state index contributed by atoms with van der Waals surface area (Å²) in [6, 6.07) is 8.99. The first kappa shape index (κ1) is 18.1. The van der Waals surface area contributed by atoms with E-state index in [0.717, 1.165) is 4.88 Å². The molecule has 7 nitrogen and oxygen atoms in total. The van der Waals surface area contributed by atoms with Gasteiger partial charge in [-0.1, -0.05) is 6.07 Å². The van der Waals surface area contributed by atoms with Crippen molar-refractivity contribution in [1.29, 1.82) is 0 Å². The Hall–Kier alpha value is -2.23. The zero-order chi connectivity index (χ0) is 17.7. The zero-order valence-electron chi connectivity index (χ0n) is 12.8. The maximum absolute atomic E-state index is 12.0. The maximum atomic E-state index is 12.0. The first-order valence-corrected chi connectivity index (χ1v) is 9.34. The standard InChI is InChI=1S/C15H16N2O5S2/c1-10(22-14(18)9-12-3-2-8-23-12)15(19)17-11-4-6-13(7-5-11)24(16,20)21/h2-8,10H,9H2,1H3,(H,17,19)(H2,16,20,21)/t10-/m1/s1. The number of carbonyl (C=O) groups is 2. The Balaban J connectivity index is 1.90. The number of carbonyl (C=O) groups excluding carboxylic acids is 2. The van der Waals surface area contributed by atoms with Gasteiger partial charge >= 0.3 is 5.97 Å². The highest BCUT2D eigenvalue weighted by Crippen LogP contribution is 2.14. The van der Waals surface area contributed by atoms with Gasteiger partial charge in [-0.05, 0) is 42.6 Å². The van der Waals surface area contributed by atoms with E-state index in [4.69, 9.17) is 9.88 Å². The molecule has 1 aromatic heterocycles. The van der Waals surface area contributed by atoms with Crippen molar-refractivity contribution in [3.8, 4) is 0 Å². The lowest BCUT2D eigenvalue weighted by molar-refractivity contribution is -0.152. The van der Waals surface area contributed by atoms with Crippen LogP contribution in [0, 0.1) is 0 Å². The minimum absolute atomic E-state index is 0.0593. The molecule has 0 spiro atoms. The molecular weight excluding hydrogens is 352 g/mol. The van der Waals surface area contributed by atoms with E-state index in [0.29, 0.717) is 5.69 Å². The minimum Gasteiger partial charge on any atom is -0.452 e. The maximum Gasteiger partial charge on any atom is 0.311 e. The van der Waals surface area contributed by atoms with Gasteiger partial charge in [0.2, 0.25) is 10.0 Å². The zero-order valence-corrected chi connectivity index (χ0v) is 14.4. The third-order valence-corrected chi connectivity index (χ3v) is 4.83. The van der Waals surface area contributed by atoms with Crippen LogP contribution in [0.4, 0.5) is 5.69 Å². The summed E-state index contributed by atoms with van der Waals surface area (Å²) in [5.41, 5.74) is 0.369. The van der Waals surface area contributed by atoms with Gasteiger partial charge in [0.05, 0.1) is 11.3 Å². The molecule has 0 saturated carbocycles. The van der Waals surface area contributed by atoms with Crippen molar-refractivity contribution in [2.24, 2.45) is 5.14 Å². The summed E-state index contributed by atoms with van der Waals surface area (Å²) < 4.78 is 27.4. The minimum atomic E-state index is -3.79. The first-order chi connectivity index (χ1) is 11.3. The van der Waals surface area contributed by atoms with Crippen LogP contribution in [0.2, 0.25) is 0 Å².